The van der Waals surface area contributed by atoms with Crippen LogP contribution < -0.4 is 10.6 Å². The quantitative estimate of drug-likeness (QED) is 0.827. The van der Waals surface area contributed by atoms with Gasteiger partial charge in [0.2, 0.25) is 5.91 Å². The van der Waals surface area contributed by atoms with Gasteiger partial charge in [-0.15, -0.1) is 0 Å². The molecule has 138 valence electrons. The molecular formula is C19H22FN3O3. The monoisotopic (exact) mass is 359 g/mol. The lowest BCUT2D eigenvalue weighted by atomic mass is 10.1. The Hall–Kier alpha value is -2.93. The van der Waals surface area contributed by atoms with Gasteiger partial charge < -0.3 is 20.3 Å². The van der Waals surface area contributed by atoms with E-state index in [2.05, 4.69) is 10.6 Å². The summed E-state index contributed by atoms with van der Waals surface area (Å²) in [5.74, 6) is -0.612. The lowest BCUT2D eigenvalue weighted by Gasteiger charge is -2.26. The van der Waals surface area contributed by atoms with E-state index in [4.69, 9.17) is 4.74 Å². The van der Waals surface area contributed by atoms with Crippen molar-refractivity contribution in [3.05, 3.63) is 59.9 Å². The summed E-state index contributed by atoms with van der Waals surface area (Å²) < 4.78 is 18.6. The zero-order valence-corrected chi connectivity index (χ0v) is 15.0. The molecular weight excluding hydrogens is 337 g/mol. The van der Waals surface area contributed by atoms with Crippen LogP contribution in [0.1, 0.15) is 18.5 Å². The van der Waals surface area contributed by atoms with Gasteiger partial charge in [0.15, 0.2) is 0 Å². The number of hydrogen-bond acceptors (Lipinski definition) is 3. The maximum absolute atomic E-state index is 13.9. The maximum Gasteiger partial charge on any atom is 0.322 e. The predicted octanol–water partition coefficient (Wildman–Crippen LogP) is 3.64. The number of ether oxygens (including phenoxy) is 1. The minimum Gasteiger partial charge on any atom is -0.375 e. The third kappa shape index (κ3) is 5.03. The van der Waals surface area contributed by atoms with Gasteiger partial charge in [0.05, 0.1) is 6.04 Å². The van der Waals surface area contributed by atoms with E-state index in [9.17, 15) is 14.0 Å². The summed E-state index contributed by atoms with van der Waals surface area (Å²) >= 11 is 0. The van der Waals surface area contributed by atoms with Crippen LogP contribution in [-0.2, 0) is 9.53 Å². The second-order valence-electron chi connectivity index (χ2n) is 5.80. The molecule has 0 aliphatic carbocycles. The van der Waals surface area contributed by atoms with E-state index in [1.807, 2.05) is 0 Å². The van der Waals surface area contributed by atoms with Crippen molar-refractivity contribution < 1.29 is 18.7 Å². The fourth-order valence-corrected chi connectivity index (χ4v) is 2.38. The summed E-state index contributed by atoms with van der Waals surface area (Å²) in [6, 6.07) is 12.3. The van der Waals surface area contributed by atoms with Gasteiger partial charge in [-0.1, -0.05) is 18.2 Å². The Morgan fingerprint density at radius 1 is 1.08 bits per heavy atom. The fraction of sp³-hybridized carbons (Fsp3) is 0.263. The predicted molar refractivity (Wildman–Crippen MR) is 98.5 cm³/mol. The van der Waals surface area contributed by atoms with Gasteiger partial charge in [-0.3, -0.25) is 4.79 Å². The SMILES string of the molecule is COCC(=O)Nc1ccc(NC(=O)N(C)C(C)c2ccccc2F)cc1. The van der Waals surface area contributed by atoms with Crippen LogP contribution in [0.4, 0.5) is 20.6 Å². The van der Waals surface area contributed by atoms with Crippen molar-refractivity contribution in [3.63, 3.8) is 0 Å². The van der Waals surface area contributed by atoms with Crippen molar-refractivity contribution in [1.29, 1.82) is 0 Å². The van der Waals surface area contributed by atoms with Gasteiger partial charge >= 0.3 is 6.03 Å². The average molecular weight is 359 g/mol. The normalized spacial score (nSPS) is 11.5. The van der Waals surface area contributed by atoms with Gasteiger partial charge in [-0.2, -0.15) is 0 Å². The number of halogens is 1. The number of urea groups is 1. The highest BCUT2D eigenvalue weighted by Gasteiger charge is 2.20. The molecule has 0 spiro atoms. The average Bonchev–Trinajstić information content (AvgIpc) is 2.62. The molecule has 1 unspecified atom stereocenters. The van der Waals surface area contributed by atoms with Crippen molar-refractivity contribution in [2.24, 2.45) is 0 Å². The second kappa shape index (κ2) is 8.96. The molecule has 2 aromatic carbocycles. The summed E-state index contributed by atoms with van der Waals surface area (Å²) in [5, 5.41) is 5.41. The van der Waals surface area contributed by atoms with Crippen LogP contribution in [0.2, 0.25) is 0 Å². The zero-order chi connectivity index (χ0) is 19.1. The molecule has 3 amide bonds. The number of methoxy groups -OCH3 is 1. The number of rotatable bonds is 6. The highest BCUT2D eigenvalue weighted by Crippen LogP contribution is 2.22. The first-order valence-electron chi connectivity index (χ1n) is 8.09. The summed E-state index contributed by atoms with van der Waals surface area (Å²) in [5.41, 5.74) is 1.60. The third-order valence-electron chi connectivity index (χ3n) is 3.95. The molecule has 7 heteroatoms. The van der Waals surface area contributed by atoms with Crippen molar-refractivity contribution in [2.45, 2.75) is 13.0 Å². The standard InChI is InChI=1S/C19H22FN3O3/c1-13(16-6-4-5-7-17(16)20)23(2)19(25)22-15-10-8-14(9-11-15)21-18(24)12-26-3/h4-11,13H,12H2,1-3H3,(H,21,24)(H,22,25). The number of benzene rings is 2. The van der Waals surface area contributed by atoms with Gasteiger partial charge in [0.1, 0.15) is 12.4 Å². The highest BCUT2D eigenvalue weighted by molar-refractivity contribution is 5.93. The second-order valence-corrected chi connectivity index (χ2v) is 5.80. The molecule has 0 saturated carbocycles. The molecule has 0 bridgehead atoms. The Balaban J connectivity index is 1.98. The molecule has 2 N–H and O–H groups in total. The zero-order valence-electron chi connectivity index (χ0n) is 15.0. The van der Waals surface area contributed by atoms with E-state index in [1.165, 1.54) is 18.1 Å². The van der Waals surface area contributed by atoms with E-state index in [1.54, 1.807) is 56.4 Å². The summed E-state index contributed by atoms with van der Waals surface area (Å²) in [6.45, 7) is 1.73. The number of carbonyl (C=O) groups excluding carboxylic acids is 2. The molecule has 1 atom stereocenters. The number of carbonyl (C=O) groups is 2. The van der Waals surface area contributed by atoms with Gasteiger partial charge in [0, 0.05) is 31.1 Å². The van der Waals surface area contributed by atoms with Crippen LogP contribution in [0.15, 0.2) is 48.5 Å². The largest absolute Gasteiger partial charge is 0.375 e. The van der Waals surface area contributed by atoms with Crippen LogP contribution in [0, 0.1) is 5.82 Å². The van der Waals surface area contributed by atoms with E-state index in [0.717, 1.165) is 0 Å². The summed E-state index contributed by atoms with van der Waals surface area (Å²) in [7, 11) is 3.04. The van der Waals surface area contributed by atoms with Crippen molar-refractivity contribution in [2.75, 3.05) is 31.4 Å². The van der Waals surface area contributed by atoms with Crippen LogP contribution in [0.5, 0.6) is 0 Å². The minimum absolute atomic E-state index is 0.0305. The van der Waals surface area contributed by atoms with Gasteiger partial charge in [-0.25, -0.2) is 9.18 Å². The Kier molecular flexibility index (Phi) is 6.68. The molecule has 2 aromatic rings. The topological polar surface area (TPSA) is 70.7 Å². The molecule has 0 fully saturated rings. The molecule has 0 radical (unpaired) electrons. The number of nitrogens with zero attached hydrogens (tertiary/aromatic N) is 1. The number of hydrogen-bond donors (Lipinski definition) is 2. The highest BCUT2D eigenvalue weighted by atomic mass is 19.1. The first kappa shape index (κ1) is 19.4. The molecule has 26 heavy (non-hydrogen) atoms. The number of amides is 3. The van der Waals surface area contributed by atoms with E-state index in [0.29, 0.717) is 16.9 Å². The van der Waals surface area contributed by atoms with Crippen LogP contribution in [0.3, 0.4) is 0 Å². The Morgan fingerprint density at radius 2 is 1.65 bits per heavy atom. The van der Waals surface area contributed by atoms with Crippen molar-refractivity contribution in [3.8, 4) is 0 Å². The van der Waals surface area contributed by atoms with Crippen LogP contribution in [0.25, 0.3) is 0 Å². The fourth-order valence-electron chi connectivity index (χ4n) is 2.38. The first-order valence-corrected chi connectivity index (χ1v) is 8.09. The smallest absolute Gasteiger partial charge is 0.322 e. The number of anilines is 2. The summed E-state index contributed by atoms with van der Waals surface area (Å²) in [6.07, 6.45) is 0. The van der Waals surface area contributed by atoms with Crippen molar-refractivity contribution in [1.82, 2.24) is 4.90 Å². The van der Waals surface area contributed by atoms with Crippen LogP contribution in [-0.4, -0.2) is 37.6 Å². The van der Waals surface area contributed by atoms with E-state index >= 15 is 0 Å². The lowest BCUT2D eigenvalue weighted by Crippen LogP contribution is -2.34. The molecule has 0 heterocycles. The Labute approximate surface area is 152 Å². The van der Waals surface area contributed by atoms with Crippen molar-refractivity contribution >= 4 is 23.3 Å². The first-order chi connectivity index (χ1) is 12.4. The summed E-state index contributed by atoms with van der Waals surface area (Å²) in [4.78, 5) is 25.3. The molecule has 0 aromatic heterocycles. The maximum atomic E-state index is 13.9. The third-order valence-corrected chi connectivity index (χ3v) is 3.95. The Bertz CT molecular complexity index is 765. The molecule has 2 rings (SSSR count). The van der Waals surface area contributed by atoms with Crippen LogP contribution >= 0.6 is 0 Å². The van der Waals surface area contributed by atoms with E-state index in [-0.39, 0.29) is 24.4 Å². The molecule has 0 aliphatic rings. The Morgan fingerprint density at radius 3 is 2.23 bits per heavy atom. The molecule has 6 nitrogen and oxygen atoms in total. The van der Waals surface area contributed by atoms with Gasteiger partial charge in [-0.05, 0) is 37.3 Å². The van der Waals surface area contributed by atoms with Gasteiger partial charge in [0.25, 0.3) is 0 Å². The molecule has 0 aliphatic heterocycles. The minimum atomic E-state index is -0.427. The number of nitrogens with one attached hydrogen (secondary N) is 2. The van der Waals surface area contributed by atoms with E-state index < -0.39 is 6.04 Å². The lowest BCUT2D eigenvalue weighted by molar-refractivity contribution is -0.119. The molecule has 0 saturated heterocycles.